The molecule has 5 heteroatoms. The summed E-state index contributed by atoms with van der Waals surface area (Å²) in [6, 6.07) is 15.1. The Bertz CT molecular complexity index is 897. The number of ether oxygens (including phenoxy) is 1. The van der Waals surface area contributed by atoms with Gasteiger partial charge in [0.05, 0.1) is 12.6 Å². The zero-order valence-electron chi connectivity index (χ0n) is 14.6. The molecule has 0 bridgehead atoms. The van der Waals surface area contributed by atoms with Gasteiger partial charge in [0.1, 0.15) is 11.6 Å². The summed E-state index contributed by atoms with van der Waals surface area (Å²) in [4.78, 5) is 4.49. The third-order valence-electron chi connectivity index (χ3n) is 4.95. The van der Waals surface area contributed by atoms with Crippen LogP contribution in [0.25, 0.3) is 10.9 Å². The minimum atomic E-state index is -0.198. The highest BCUT2D eigenvalue weighted by Crippen LogP contribution is 2.50. The Morgan fingerprint density at radius 1 is 1.19 bits per heavy atom. The van der Waals surface area contributed by atoms with E-state index in [4.69, 9.17) is 4.74 Å². The topological polar surface area (TPSA) is 34.1 Å². The number of hydrogen-bond donors (Lipinski definition) is 1. The van der Waals surface area contributed by atoms with Crippen molar-refractivity contribution in [1.82, 2.24) is 10.3 Å². The van der Waals surface area contributed by atoms with Crippen LogP contribution in [-0.4, -0.2) is 18.6 Å². The van der Waals surface area contributed by atoms with Crippen LogP contribution < -0.4 is 10.1 Å². The first-order chi connectivity index (χ1) is 12.3. The van der Waals surface area contributed by atoms with Crippen molar-refractivity contribution in [3.8, 4) is 5.75 Å². The van der Waals surface area contributed by atoms with Gasteiger partial charge in [-0.25, -0.2) is 4.39 Å². The molecule has 2 unspecified atom stereocenters. The number of nitrogens with zero attached hydrogens (tertiary/aromatic N) is 1. The average molecular weight is 373 g/mol. The lowest BCUT2D eigenvalue weighted by Gasteiger charge is -2.09. The molecule has 2 aromatic carbocycles. The molecule has 26 heavy (non-hydrogen) atoms. The molecule has 1 saturated carbocycles. The number of methoxy groups -OCH3 is 1. The summed E-state index contributed by atoms with van der Waals surface area (Å²) in [5.74, 6) is 1.49. The van der Waals surface area contributed by atoms with E-state index in [-0.39, 0.29) is 18.2 Å². The minimum absolute atomic E-state index is 0. The summed E-state index contributed by atoms with van der Waals surface area (Å²) in [6.45, 7) is 1.70. The maximum absolute atomic E-state index is 13.5. The van der Waals surface area contributed by atoms with Crippen LogP contribution in [0.5, 0.6) is 5.75 Å². The monoisotopic (exact) mass is 372 g/mol. The van der Waals surface area contributed by atoms with Gasteiger partial charge in [-0.15, -0.1) is 12.4 Å². The SMILES string of the molecule is COc1ccc(F)cc1C1CC1CNCc1cccc2cccnc12.Cl. The lowest BCUT2D eigenvalue weighted by atomic mass is 10.1. The van der Waals surface area contributed by atoms with Crippen molar-refractivity contribution < 1.29 is 9.13 Å². The molecule has 0 amide bonds. The maximum atomic E-state index is 13.5. The molecule has 1 aliphatic carbocycles. The number of rotatable bonds is 6. The zero-order valence-corrected chi connectivity index (χ0v) is 15.4. The van der Waals surface area contributed by atoms with E-state index in [1.165, 1.54) is 11.6 Å². The average Bonchev–Trinajstić information content (AvgIpc) is 3.41. The predicted molar refractivity (Wildman–Crippen MR) is 104 cm³/mol. The summed E-state index contributed by atoms with van der Waals surface area (Å²) >= 11 is 0. The van der Waals surface area contributed by atoms with E-state index in [1.807, 2.05) is 12.3 Å². The number of halogens is 2. The third kappa shape index (κ3) is 3.81. The molecule has 136 valence electrons. The number of pyridine rings is 1. The van der Waals surface area contributed by atoms with Gasteiger partial charge >= 0.3 is 0 Å². The van der Waals surface area contributed by atoms with Gasteiger partial charge in [-0.1, -0.05) is 24.3 Å². The minimum Gasteiger partial charge on any atom is -0.496 e. The largest absolute Gasteiger partial charge is 0.496 e. The fourth-order valence-electron chi connectivity index (χ4n) is 3.55. The summed E-state index contributed by atoms with van der Waals surface area (Å²) in [5, 5.41) is 4.70. The van der Waals surface area contributed by atoms with E-state index in [2.05, 4.69) is 34.6 Å². The Labute approximate surface area is 159 Å². The summed E-state index contributed by atoms with van der Waals surface area (Å²) < 4.78 is 18.9. The van der Waals surface area contributed by atoms with Gasteiger partial charge < -0.3 is 10.1 Å². The Kier molecular flexibility index (Phi) is 5.74. The van der Waals surface area contributed by atoms with Gasteiger partial charge in [-0.2, -0.15) is 0 Å². The molecule has 3 aromatic rings. The first kappa shape index (κ1) is 18.6. The van der Waals surface area contributed by atoms with Crippen molar-refractivity contribution in [2.24, 2.45) is 5.92 Å². The smallest absolute Gasteiger partial charge is 0.123 e. The van der Waals surface area contributed by atoms with Gasteiger partial charge in [0.25, 0.3) is 0 Å². The van der Waals surface area contributed by atoms with E-state index >= 15 is 0 Å². The molecule has 4 rings (SSSR count). The Morgan fingerprint density at radius 2 is 2.04 bits per heavy atom. The van der Waals surface area contributed by atoms with Crippen molar-refractivity contribution in [3.63, 3.8) is 0 Å². The fourth-order valence-corrected chi connectivity index (χ4v) is 3.55. The second kappa shape index (κ2) is 8.02. The zero-order chi connectivity index (χ0) is 17.2. The van der Waals surface area contributed by atoms with Gasteiger partial charge in [0.2, 0.25) is 0 Å². The van der Waals surface area contributed by atoms with Crippen LogP contribution in [0.2, 0.25) is 0 Å². The summed E-state index contributed by atoms with van der Waals surface area (Å²) in [5.41, 5.74) is 3.25. The lowest BCUT2D eigenvalue weighted by molar-refractivity contribution is 0.407. The number of hydrogen-bond acceptors (Lipinski definition) is 3. The molecule has 1 aliphatic rings. The number of fused-ring (bicyclic) bond motifs is 1. The van der Waals surface area contributed by atoms with E-state index < -0.39 is 0 Å². The number of para-hydroxylation sites is 1. The fraction of sp³-hybridized carbons (Fsp3) is 0.286. The van der Waals surface area contributed by atoms with Crippen LogP contribution in [-0.2, 0) is 6.54 Å². The molecule has 1 heterocycles. The van der Waals surface area contributed by atoms with Crippen LogP contribution in [0.4, 0.5) is 4.39 Å². The number of nitrogens with one attached hydrogen (secondary N) is 1. The van der Waals surface area contributed by atoms with E-state index in [9.17, 15) is 4.39 Å². The standard InChI is InChI=1S/C21H21FN2O.ClH/c1-25-20-8-7-17(22)11-19(20)18-10-16(18)13-23-12-15-5-2-4-14-6-3-9-24-21(14)15;/h2-9,11,16,18,23H,10,12-13H2,1H3;1H. The van der Waals surface area contributed by atoms with Crippen molar-refractivity contribution >= 4 is 23.3 Å². The molecular formula is C21H22ClFN2O. The van der Waals surface area contributed by atoms with Crippen LogP contribution in [0.1, 0.15) is 23.5 Å². The number of aromatic nitrogens is 1. The van der Waals surface area contributed by atoms with Crippen LogP contribution in [0.3, 0.4) is 0 Å². The van der Waals surface area contributed by atoms with Gasteiger partial charge in [-0.3, -0.25) is 4.98 Å². The molecule has 1 aromatic heterocycles. The van der Waals surface area contributed by atoms with E-state index in [0.29, 0.717) is 11.8 Å². The molecule has 0 spiro atoms. The summed E-state index contributed by atoms with van der Waals surface area (Å²) in [7, 11) is 1.64. The quantitative estimate of drug-likeness (QED) is 0.681. The Morgan fingerprint density at radius 3 is 2.88 bits per heavy atom. The van der Waals surface area contributed by atoms with Crippen molar-refractivity contribution in [1.29, 1.82) is 0 Å². The highest BCUT2D eigenvalue weighted by Gasteiger charge is 2.39. The molecule has 0 radical (unpaired) electrons. The van der Waals surface area contributed by atoms with Crippen molar-refractivity contribution in [2.75, 3.05) is 13.7 Å². The lowest BCUT2D eigenvalue weighted by Crippen LogP contribution is -2.17. The molecule has 1 fully saturated rings. The first-order valence-corrected chi connectivity index (χ1v) is 8.63. The van der Waals surface area contributed by atoms with E-state index in [1.54, 1.807) is 19.2 Å². The second-order valence-corrected chi connectivity index (χ2v) is 6.61. The summed E-state index contributed by atoms with van der Waals surface area (Å²) in [6.07, 6.45) is 2.90. The van der Waals surface area contributed by atoms with Crippen molar-refractivity contribution in [3.05, 3.63) is 71.7 Å². The van der Waals surface area contributed by atoms with Gasteiger partial charge in [-0.05, 0) is 54.6 Å². The van der Waals surface area contributed by atoms with Gasteiger partial charge in [0, 0.05) is 23.7 Å². The molecule has 2 atom stereocenters. The van der Waals surface area contributed by atoms with Crippen LogP contribution in [0, 0.1) is 11.7 Å². The Balaban J connectivity index is 0.00000196. The molecule has 0 saturated heterocycles. The van der Waals surface area contributed by atoms with Crippen LogP contribution >= 0.6 is 12.4 Å². The van der Waals surface area contributed by atoms with E-state index in [0.717, 1.165) is 41.7 Å². The third-order valence-corrected chi connectivity index (χ3v) is 4.95. The predicted octanol–water partition coefficient (Wildman–Crippen LogP) is 4.70. The molecular weight excluding hydrogens is 351 g/mol. The molecule has 0 aliphatic heterocycles. The van der Waals surface area contributed by atoms with Gasteiger partial charge in [0.15, 0.2) is 0 Å². The second-order valence-electron chi connectivity index (χ2n) is 6.61. The maximum Gasteiger partial charge on any atom is 0.123 e. The molecule has 1 N–H and O–H groups in total. The number of benzene rings is 2. The molecule has 3 nitrogen and oxygen atoms in total. The first-order valence-electron chi connectivity index (χ1n) is 8.63. The van der Waals surface area contributed by atoms with Crippen LogP contribution in [0.15, 0.2) is 54.7 Å². The normalized spacial score (nSPS) is 18.4. The van der Waals surface area contributed by atoms with Crippen molar-refractivity contribution in [2.45, 2.75) is 18.9 Å². The highest BCUT2D eigenvalue weighted by atomic mass is 35.5. The highest BCUT2D eigenvalue weighted by molar-refractivity contribution is 5.85. The Hall–Kier alpha value is -2.17.